The average molecular weight is 473 g/mol. The second-order valence-corrected chi connectivity index (χ2v) is 12.4. The van der Waals surface area contributed by atoms with Gasteiger partial charge in [-0.15, -0.1) is 0 Å². The Morgan fingerprint density at radius 3 is 2.24 bits per heavy atom. The van der Waals surface area contributed by atoms with Gasteiger partial charge in [0.25, 0.3) is 0 Å². The lowest BCUT2D eigenvalue weighted by Gasteiger charge is -2.58. The van der Waals surface area contributed by atoms with Gasteiger partial charge < -0.3 is 25.0 Å². The molecule has 7 nitrogen and oxygen atoms in total. The molecule has 2 N–H and O–H groups in total. The van der Waals surface area contributed by atoms with E-state index in [1.54, 1.807) is 0 Å². The van der Waals surface area contributed by atoms with Crippen LogP contribution in [0.25, 0.3) is 0 Å². The summed E-state index contributed by atoms with van der Waals surface area (Å²) in [6.07, 6.45) is 6.39. The van der Waals surface area contributed by atoms with E-state index in [2.05, 4.69) is 48.4 Å². The van der Waals surface area contributed by atoms with E-state index in [4.69, 9.17) is 14.5 Å². The highest BCUT2D eigenvalue weighted by Gasteiger charge is 2.53. The molecular weight excluding hydrogens is 428 g/mol. The maximum atomic E-state index is 12.0. The van der Waals surface area contributed by atoms with Gasteiger partial charge in [-0.3, -0.25) is 0 Å². The van der Waals surface area contributed by atoms with Crippen LogP contribution < -0.4 is 15.5 Å². The predicted molar refractivity (Wildman–Crippen MR) is 136 cm³/mol. The molecule has 3 aliphatic rings. The first-order chi connectivity index (χ1) is 15.9. The first-order valence-corrected chi connectivity index (χ1v) is 12.9. The lowest BCUT2D eigenvalue weighted by Crippen LogP contribution is -2.59. The van der Waals surface area contributed by atoms with Gasteiger partial charge >= 0.3 is 6.09 Å². The number of pyridine rings is 1. The Balaban J connectivity index is 1.21. The number of carbonyl (C=O) groups is 1. The van der Waals surface area contributed by atoms with Crippen LogP contribution >= 0.6 is 0 Å². The van der Waals surface area contributed by atoms with Crippen molar-refractivity contribution in [1.29, 1.82) is 0 Å². The number of ether oxygens (including phenoxy) is 2. The van der Waals surface area contributed by atoms with Crippen LogP contribution in [-0.4, -0.2) is 54.6 Å². The highest BCUT2D eigenvalue weighted by Crippen LogP contribution is 2.56. The monoisotopic (exact) mass is 472 g/mol. The van der Waals surface area contributed by atoms with Gasteiger partial charge in [-0.1, -0.05) is 0 Å². The molecule has 0 bridgehead atoms. The predicted octanol–water partition coefficient (Wildman–Crippen LogP) is 5.28. The molecule has 190 valence electrons. The van der Waals surface area contributed by atoms with E-state index in [0.717, 1.165) is 68.8 Å². The number of rotatable bonds is 6. The molecule has 1 aromatic rings. The molecule has 4 rings (SSSR count). The average Bonchev–Trinajstić information content (AvgIpc) is 2.70. The Kier molecular flexibility index (Phi) is 6.80. The molecule has 0 radical (unpaired) electrons. The van der Waals surface area contributed by atoms with Gasteiger partial charge in [0, 0.05) is 32.3 Å². The molecule has 1 saturated heterocycles. The molecule has 0 atom stereocenters. The van der Waals surface area contributed by atoms with Crippen LogP contribution in [0.2, 0.25) is 0 Å². The summed E-state index contributed by atoms with van der Waals surface area (Å²) in [6.45, 7) is 14.2. The molecular formula is C27H44N4O3. The number of aromatic nitrogens is 1. The van der Waals surface area contributed by atoms with Gasteiger partial charge in [-0.25, -0.2) is 9.78 Å². The molecule has 0 aromatic carbocycles. The normalized spacial score (nSPS) is 27.7. The highest BCUT2D eigenvalue weighted by molar-refractivity contribution is 5.68. The van der Waals surface area contributed by atoms with E-state index in [-0.39, 0.29) is 17.7 Å². The fourth-order valence-electron chi connectivity index (χ4n) is 6.05. The van der Waals surface area contributed by atoms with Gasteiger partial charge in [-0.2, -0.15) is 0 Å². The number of hydrogen-bond donors (Lipinski definition) is 2. The van der Waals surface area contributed by atoms with Crippen molar-refractivity contribution in [3.8, 4) is 0 Å². The summed E-state index contributed by atoms with van der Waals surface area (Å²) in [5.41, 5.74) is 2.09. The zero-order chi connectivity index (χ0) is 24.7. The lowest BCUT2D eigenvalue weighted by atomic mass is 9.52. The van der Waals surface area contributed by atoms with E-state index in [1.807, 2.05) is 27.9 Å². The van der Waals surface area contributed by atoms with Crippen molar-refractivity contribution in [2.45, 2.75) is 103 Å². The minimum absolute atomic E-state index is 0.0599. The van der Waals surface area contributed by atoms with E-state index in [1.165, 1.54) is 0 Å². The fourth-order valence-corrected chi connectivity index (χ4v) is 6.05. The Hall–Kier alpha value is -2.02. The third-order valence-corrected chi connectivity index (χ3v) is 8.20. The topological polar surface area (TPSA) is 75.7 Å². The molecule has 1 spiro atoms. The molecule has 1 aromatic heterocycles. The number of aryl methyl sites for hydroxylation is 1. The van der Waals surface area contributed by atoms with Crippen LogP contribution in [-0.2, 0) is 9.47 Å². The van der Waals surface area contributed by atoms with Gasteiger partial charge in [0.05, 0.1) is 17.0 Å². The number of nitrogens with zero attached hydrogens (tertiary/aromatic N) is 2. The SMILES string of the molecule is COC(C)(C)C1CCN(c2ccc(NC3CC4(CC(NC(=O)OC(C)(C)C)C4)C3)c(C)n2)CC1. The molecule has 1 aliphatic heterocycles. The lowest BCUT2D eigenvalue weighted by molar-refractivity contribution is -0.0357. The number of amides is 1. The van der Waals surface area contributed by atoms with Crippen LogP contribution in [0.5, 0.6) is 0 Å². The highest BCUT2D eigenvalue weighted by atomic mass is 16.6. The summed E-state index contributed by atoms with van der Waals surface area (Å²) < 4.78 is 11.1. The summed E-state index contributed by atoms with van der Waals surface area (Å²) in [4.78, 5) is 19.3. The number of alkyl carbamates (subject to hydrolysis) is 1. The number of nitrogens with one attached hydrogen (secondary N) is 2. The van der Waals surface area contributed by atoms with Gasteiger partial charge in [0.2, 0.25) is 0 Å². The third-order valence-electron chi connectivity index (χ3n) is 8.20. The molecule has 1 amide bonds. The quantitative estimate of drug-likeness (QED) is 0.587. The first kappa shape index (κ1) is 25.1. The summed E-state index contributed by atoms with van der Waals surface area (Å²) >= 11 is 0. The van der Waals surface area contributed by atoms with Crippen LogP contribution in [0.15, 0.2) is 12.1 Å². The Morgan fingerprint density at radius 2 is 1.68 bits per heavy atom. The molecule has 2 aliphatic carbocycles. The molecule has 2 saturated carbocycles. The van der Waals surface area contributed by atoms with Gasteiger partial charge in [0.1, 0.15) is 11.4 Å². The number of anilines is 2. The Morgan fingerprint density at radius 1 is 1.06 bits per heavy atom. The third kappa shape index (κ3) is 5.61. The van der Waals surface area contributed by atoms with E-state index < -0.39 is 5.60 Å². The van der Waals surface area contributed by atoms with Crippen LogP contribution in [0.4, 0.5) is 16.3 Å². The first-order valence-electron chi connectivity index (χ1n) is 12.9. The van der Waals surface area contributed by atoms with Crippen molar-refractivity contribution in [2.75, 3.05) is 30.4 Å². The standard InChI is InChI=1S/C27H44N4O3/c1-18-22(8-9-23(28-18)31-12-10-19(11-13-31)26(5,6)33-7)29-20-14-27(15-20)16-21(17-27)30-24(32)34-25(2,3)4/h8-9,19-21,29H,10-17H2,1-7H3,(H,30,32). The van der Waals surface area contributed by atoms with Crippen molar-refractivity contribution in [3.05, 3.63) is 17.8 Å². The molecule has 34 heavy (non-hydrogen) atoms. The van der Waals surface area contributed by atoms with Crippen molar-refractivity contribution < 1.29 is 14.3 Å². The molecule has 7 heteroatoms. The number of hydrogen-bond acceptors (Lipinski definition) is 6. The summed E-state index contributed by atoms with van der Waals surface area (Å²) in [5, 5.41) is 6.73. The fraction of sp³-hybridized carbons (Fsp3) is 0.778. The van der Waals surface area contributed by atoms with Gasteiger partial charge in [-0.05, 0) is 104 Å². The smallest absolute Gasteiger partial charge is 0.407 e. The van der Waals surface area contributed by atoms with E-state index >= 15 is 0 Å². The maximum absolute atomic E-state index is 12.0. The minimum atomic E-state index is -0.449. The van der Waals surface area contributed by atoms with Crippen molar-refractivity contribution >= 4 is 17.6 Å². The van der Waals surface area contributed by atoms with Crippen molar-refractivity contribution in [3.63, 3.8) is 0 Å². The van der Waals surface area contributed by atoms with Crippen molar-refractivity contribution in [1.82, 2.24) is 10.3 Å². The van der Waals surface area contributed by atoms with Crippen molar-refractivity contribution in [2.24, 2.45) is 11.3 Å². The summed E-state index contributed by atoms with van der Waals surface area (Å²) in [7, 11) is 1.82. The summed E-state index contributed by atoms with van der Waals surface area (Å²) in [5.74, 6) is 1.67. The maximum Gasteiger partial charge on any atom is 0.407 e. The van der Waals surface area contributed by atoms with E-state index in [9.17, 15) is 4.79 Å². The number of methoxy groups -OCH3 is 1. The zero-order valence-electron chi connectivity index (χ0n) is 22.2. The Labute approximate surface area is 205 Å². The van der Waals surface area contributed by atoms with Crippen LogP contribution in [0.3, 0.4) is 0 Å². The molecule has 0 unspecified atom stereocenters. The number of carbonyl (C=O) groups excluding carboxylic acids is 1. The minimum Gasteiger partial charge on any atom is -0.444 e. The second kappa shape index (κ2) is 9.21. The van der Waals surface area contributed by atoms with Crippen LogP contribution in [0, 0.1) is 18.3 Å². The number of piperidine rings is 1. The summed E-state index contributed by atoms with van der Waals surface area (Å²) in [6, 6.07) is 5.09. The Bertz CT molecular complexity index is 872. The van der Waals surface area contributed by atoms with Crippen LogP contribution in [0.1, 0.15) is 78.8 Å². The molecule has 2 heterocycles. The van der Waals surface area contributed by atoms with E-state index in [0.29, 0.717) is 17.4 Å². The second-order valence-electron chi connectivity index (χ2n) is 12.4. The molecule has 3 fully saturated rings. The largest absolute Gasteiger partial charge is 0.444 e. The van der Waals surface area contributed by atoms with Gasteiger partial charge in [0.15, 0.2) is 0 Å². The zero-order valence-corrected chi connectivity index (χ0v) is 22.2.